The third-order valence-corrected chi connectivity index (χ3v) is 5.86. The molecule has 0 radical (unpaired) electrons. The van der Waals surface area contributed by atoms with Gasteiger partial charge in [0.25, 0.3) is 0 Å². The van der Waals surface area contributed by atoms with Crippen molar-refractivity contribution >= 4 is 17.4 Å². The molecule has 216 valence electrons. The van der Waals surface area contributed by atoms with Gasteiger partial charge in [-0.1, -0.05) is 35.9 Å². The summed E-state index contributed by atoms with van der Waals surface area (Å²) in [7, 11) is 0. The van der Waals surface area contributed by atoms with Gasteiger partial charge in [-0.15, -0.1) is 0 Å². The molecule has 2 aromatic carbocycles. The van der Waals surface area contributed by atoms with Crippen LogP contribution in [0.4, 0.5) is 32.2 Å². The molecular formula is C28H20ClF6N7. The van der Waals surface area contributed by atoms with Crippen molar-refractivity contribution in [2.24, 2.45) is 0 Å². The number of rotatable bonds is 5. The summed E-state index contributed by atoms with van der Waals surface area (Å²) in [6.07, 6.45) is -8.87. The Kier molecular flexibility index (Phi) is 10.0. The number of aromatic nitrogens is 4. The van der Waals surface area contributed by atoms with E-state index in [2.05, 4.69) is 19.9 Å². The maximum absolute atomic E-state index is 12.9. The third kappa shape index (κ3) is 8.15. The van der Waals surface area contributed by atoms with Gasteiger partial charge in [0.2, 0.25) is 11.6 Å². The highest BCUT2D eigenvalue weighted by Gasteiger charge is 2.31. The molecule has 0 N–H and O–H groups in total. The van der Waals surface area contributed by atoms with Crippen LogP contribution in [0, 0.1) is 22.7 Å². The van der Waals surface area contributed by atoms with Gasteiger partial charge in [0.15, 0.2) is 0 Å². The van der Waals surface area contributed by atoms with Crippen molar-refractivity contribution in [2.45, 2.75) is 26.2 Å². The molecule has 2 aromatic heterocycles. The van der Waals surface area contributed by atoms with Crippen LogP contribution in [-0.4, -0.2) is 33.0 Å². The number of alkyl halides is 6. The quantitative estimate of drug-likeness (QED) is 0.171. The summed E-state index contributed by atoms with van der Waals surface area (Å²) in [5, 5.41) is 17.8. The molecule has 2 heterocycles. The van der Waals surface area contributed by atoms with E-state index in [1.54, 1.807) is 12.1 Å². The van der Waals surface area contributed by atoms with Gasteiger partial charge in [-0.25, -0.2) is 19.9 Å². The lowest BCUT2D eigenvalue weighted by molar-refractivity contribution is -0.138. The summed E-state index contributed by atoms with van der Waals surface area (Å²) >= 11 is 5.68. The summed E-state index contributed by atoms with van der Waals surface area (Å²) in [6.45, 7) is 5.20. The van der Waals surface area contributed by atoms with Gasteiger partial charge in [-0.05, 0) is 38.1 Å². The van der Waals surface area contributed by atoms with Gasteiger partial charge < -0.3 is 4.90 Å². The molecule has 42 heavy (non-hydrogen) atoms. The van der Waals surface area contributed by atoms with Crippen LogP contribution in [0.25, 0.3) is 22.5 Å². The predicted octanol–water partition coefficient (Wildman–Crippen LogP) is 7.57. The first kappa shape index (κ1) is 31.8. The standard InChI is InChI=1S/C16H15F3N4.C12H5ClF3N3/c1-3-23(4-2)15-9-13(21-14(10-20)22-15)11-6-5-7-12(8-11)16(17,18)19;13-10-5-9(18-11(6-17)19-10)7-2-1-3-8(4-7)12(14,15)16/h5-9H,3-4H2,1-2H3;1-5H. The van der Waals surface area contributed by atoms with Crippen LogP contribution in [0.3, 0.4) is 0 Å². The Morgan fingerprint density at radius 1 is 0.690 bits per heavy atom. The normalized spacial score (nSPS) is 11.1. The van der Waals surface area contributed by atoms with Crippen LogP contribution in [0.2, 0.25) is 5.15 Å². The second kappa shape index (κ2) is 13.3. The maximum Gasteiger partial charge on any atom is 0.416 e. The van der Waals surface area contributed by atoms with Crippen molar-refractivity contribution < 1.29 is 26.3 Å². The van der Waals surface area contributed by atoms with Crippen LogP contribution >= 0.6 is 11.6 Å². The van der Waals surface area contributed by atoms with E-state index >= 15 is 0 Å². The van der Waals surface area contributed by atoms with Crippen molar-refractivity contribution in [3.63, 3.8) is 0 Å². The number of halogens is 7. The number of hydrogen-bond donors (Lipinski definition) is 0. The Hall–Kier alpha value is -4.75. The Labute approximate surface area is 241 Å². The zero-order valence-corrected chi connectivity index (χ0v) is 22.7. The van der Waals surface area contributed by atoms with E-state index in [0.29, 0.717) is 30.2 Å². The molecule has 0 unspecified atom stereocenters. The fraction of sp³-hybridized carbons (Fsp3) is 0.214. The highest BCUT2D eigenvalue weighted by atomic mass is 35.5. The summed E-state index contributed by atoms with van der Waals surface area (Å²) in [6, 6.07) is 15.9. The largest absolute Gasteiger partial charge is 0.416 e. The topological polar surface area (TPSA) is 102 Å². The number of nitrogens with zero attached hydrogens (tertiary/aromatic N) is 7. The Bertz CT molecular complexity index is 1640. The average molecular weight is 604 g/mol. The smallest absolute Gasteiger partial charge is 0.357 e. The van der Waals surface area contributed by atoms with Crippen molar-refractivity contribution in [1.29, 1.82) is 10.5 Å². The second-order valence-corrected chi connectivity index (χ2v) is 8.77. The van der Waals surface area contributed by atoms with Gasteiger partial charge in [0, 0.05) is 36.3 Å². The molecule has 0 spiro atoms. The highest BCUT2D eigenvalue weighted by Crippen LogP contribution is 2.33. The summed E-state index contributed by atoms with van der Waals surface area (Å²) < 4.78 is 76.3. The predicted molar refractivity (Wildman–Crippen MR) is 143 cm³/mol. The van der Waals surface area contributed by atoms with Gasteiger partial charge in [-0.3, -0.25) is 0 Å². The molecule has 7 nitrogen and oxygen atoms in total. The van der Waals surface area contributed by atoms with E-state index in [9.17, 15) is 26.3 Å². The monoisotopic (exact) mass is 603 g/mol. The zero-order valence-electron chi connectivity index (χ0n) is 22.0. The Morgan fingerprint density at radius 3 is 1.57 bits per heavy atom. The van der Waals surface area contributed by atoms with Gasteiger partial charge in [-0.2, -0.15) is 36.9 Å². The van der Waals surface area contributed by atoms with Gasteiger partial charge in [0.1, 0.15) is 23.1 Å². The molecule has 0 fully saturated rings. The molecule has 0 saturated carbocycles. The summed E-state index contributed by atoms with van der Waals surface area (Å²) in [4.78, 5) is 17.5. The Balaban J connectivity index is 0.000000235. The van der Waals surface area contributed by atoms with Crippen molar-refractivity contribution in [3.05, 3.63) is 88.6 Å². The first-order chi connectivity index (χ1) is 19.8. The molecule has 4 rings (SSSR count). The van der Waals surface area contributed by atoms with E-state index in [-0.39, 0.29) is 28.1 Å². The minimum Gasteiger partial charge on any atom is -0.357 e. The van der Waals surface area contributed by atoms with E-state index in [1.165, 1.54) is 30.3 Å². The summed E-state index contributed by atoms with van der Waals surface area (Å²) in [5.74, 6) is 0.260. The van der Waals surface area contributed by atoms with Crippen LogP contribution < -0.4 is 4.90 Å². The van der Waals surface area contributed by atoms with E-state index in [0.717, 1.165) is 24.3 Å². The van der Waals surface area contributed by atoms with Gasteiger partial charge in [0.05, 0.1) is 22.5 Å². The highest BCUT2D eigenvalue weighted by molar-refractivity contribution is 6.29. The fourth-order valence-electron chi connectivity index (χ4n) is 3.67. The van der Waals surface area contributed by atoms with E-state index < -0.39 is 23.5 Å². The molecule has 4 aromatic rings. The average Bonchev–Trinajstić information content (AvgIpc) is 2.97. The third-order valence-electron chi connectivity index (χ3n) is 5.67. The molecule has 0 aliphatic rings. The van der Waals surface area contributed by atoms with Crippen LogP contribution in [0.5, 0.6) is 0 Å². The zero-order chi connectivity index (χ0) is 31.1. The summed E-state index contributed by atoms with van der Waals surface area (Å²) in [5.41, 5.74) is -0.565. The Morgan fingerprint density at radius 2 is 1.14 bits per heavy atom. The second-order valence-electron chi connectivity index (χ2n) is 8.39. The number of nitriles is 2. The van der Waals surface area contributed by atoms with Crippen LogP contribution in [-0.2, 0) is 12.4 Å². The fourth-order valence-corrected chi connectivity index (χ4v) is 3.85. The lowest BCUT2D eigenvalue weighted by Gasteiger charge is -2.20. The van der Waals surface area contributed by atoms with Gasteiger partial charge >= 0.3 is 12.4 Å². The SMILES string of the molecule is CCN(CC)c1cc(-c2cccc(C(F)(F)F)c2)nc(C#N)n1.N#Cc1nc(Cl)cc(-c2cccc(C(F)(F)F)c2)n1. The van der Waals surface area contributed by atoms with E-state index in [1.807, 2.05) is 24.8 Å². The van der Waals surface area contributed by atoms with Crippen molar-refractivity contribution in [2.75, 3.05) is 18.0 Å². The minimum atomic E-state index is -4.44. The first-order valence-corrected chi connectivity index (χ1v) is 12.5. The number of benzene rings is 2. The van der Waals surface area contributed by atoms with Crippen molar-refractivity contribution in [3.8, 4) is 34.7 Å². The van der Waals surface area contributed by atoms with E-state index in [4.69, 9.17) is 22.1 Å². The molecule has 0 aliphatic carbocycles. The number of hydrogen-bond acceptors (Lipinski definition) is 7. The van der Waals surface area contributed by atoms with Crippen LogP contribution in [0.15, 0.2) is 60.7 Å². The number of anilines is 1. The van der Waals surface area contributed by atoms with Crippen LogP contribution in [0.1, 0.15) is 36.6 Å². The molecule has 0 bridgehead atoms. The lowest BCUT2D eigenvalue weighted by atomic mass is 10.1. The maximum atomic E-state index is 12.9. The molecule has 0 saturated heterocycles. The molecule has 0 amide bonds. The molecule has 14 heteroatoms. The minimum absolute atomic E-state index is 0.000961. The molecular weight excluding hydrogens is 584 g/mol. The molecule has 0 atom stereocenters. The van der Waals surface area contributed by atoms with Crippen molar-refractivity contribution in [1.82, 2.24) is 19.9 Å². The lowest BCUT2D eigenvalue weighted by Crippen LogP contribution is -2.23. The first-order valence-electron chi connectivity index (χ1n) is 12.1. The molecule has 0 aliphatic heterocycles.